The first kappa shape index (κ1) is 22.1. The number of amides is 1. The summed E-state index contributed by atoms with van der Waals surface area (Å²) in [5, 5.41) is 3.50. The van der Waals surface area contributed by atoms with Crippen LogP contribution in [-0.4, -0.2) is 63.8 Å². The number of fused-ring (bicyclic) bond motifs is 1. The molecule has 1 unspecified atom stereocenters. The van der Waals surface area contributed by atoms with E-state index < -0.39 is 11.2 Å². The van der Waals surface area contributed by atoms with E-state index in [2.05, 4.69) is 28.3 Å². The average Bonchev–Trinajstić information content (AvgIpc) is 3.23. The van der Waals surface area contributed by atoms with Gasteiger partial charge < -0.3 is 19.7 Å². The lowest BCUT2D eigenvalue weighted by atomic mass is 9.73. The van der Waals surface area contributed by atoms with Gasteiger partial charge in [-0.05, 0) is 36.0 Å². The number of piperidine rings is 2. The molecule has 1 amide bonds. The highest BCUT2D eigenvalue weighted by molar-refractivity contribution is 7.91. The van der Waals surface area contributed by atoms with Crippen LogP contribution in [0.2, 0.25) is 0 Å². The number of hydrogen-bond donors (Lipinski definition) is 1. The maximum absolute atomic E-state index is 12.7. The van der Waals surface area contributed by atoms with Crippen molar-refractivity contribution in [1.82, 2.24) is 14.9 Å². The average molecular weight is 464 g/mol. The molecule has 1 aromatic carbocycles. The fourth-order valence-electron chi connectivity index (χ4n) is 5.11. The Kier molecular flexibility index (Phi) is 5.94. The molecule has 0 radical (unpaired) electrons. The van der Waals surface area contributed by atoms with Gasteiger partial charge >= 0.3 is 0 Å². The topological polar surface area (TPSA) is 84.4 Å². The maximum atomic E-state index is 12.7. The summed E-state index contributed by atoms with van der Waals surface area (Å²) in [6.45, 7) is 2.15. The Balaban J connectivity index is 1.38. The van der Waals surface area contributed by atoms with Crippen molar-refractivity contribution in [1.29, 1.82) is 0 Å². The normalized spacial score (nSPS) is 24.3. The zero-order valence-corrected chi connectivity index (χ0v) is 19.7. The minimum absolute atomic E-state index is 0.0886. The van der Waals surface area contributed by atoms with E-state index in [1.165, 1.54) is 5.56 Å². The molecule has 2 fully saturated rings. The van der Waals surface area contributed by atoms with E-state index in [1.54, 1.807) is 4.90 Å². The van der Waals surface area contributed by atoms with Crippen LogP contribution in [0.5, 0.6) is 0 Å². The highest BCUT2D eigenvalue weighted by Gasteiger charge is 2.38. The van der Waals surface area contributed by atoms with E-state index in [9.17, 15) is 9.35 Å². The number of aromatic nitrogens is 2. The molecule has 2 saturated heterocycles. The molecule has 1 N–H and O–H groups in total. The molecule has 0 bridgehead atoms. The standard InChI is InChI=1S/C25H29N5O2S/c1-3-25(18-7-5-4-6-8-18)12-14-30(15-13-25)24-27-20-11-16-33(32)22(20)23(28-24)26-19-9-10-21(31)29(2)17-19/h1,4-8,19H,9-17H2,2H3,(H,26,27,28)/t19-,33?/m0/s1. The van der Waals surface area contributed by atoms with Crippen molar-refractivity contribution in [3.05, 3.63) is 41.6 Å². The van der Waals surface area contributed by atoms with E-state index in [0.717, 1.165) is 42.9 Å². The van der Waals surface area contributed by atoms with Crippen LogP contribution in [0.15, 0.2) is 35.2 Å². The second-order valence-corrected chi connectivity index (χ2v) is 10.7. The SMILES string of the molecule is C#CC1(c2ccccc2)CCN(c2nc3c(c(N[C@H]4CCC(=O)N(C)C4)n2)[S+]([O-])CC3)CC1. The Hall–Kier alpha value is -2.76. The third-order valence-corrected chi connectivity index (χ3v) is 8.61. The number of anilines is 2. The van der Waals surface area contributed by atoms with E-state index in [-0.39, 0.29) is 17.4 Å². The zero-order chi connectivity index (χ0) is 23.0. The van der Waals surface area contributed by atoms with Crippen LogP contribution in [0.1, 0.15) is 36.9 Å². The summed E-state index contributed by atoms with van der Waals surface area (Å²) in [4.78, 5) is 26.2. The minimum Gasteiger partial charge on any atom is -0.611 e. The van der Waals surface area contributed by atoms with Gasteiger partial charge in [0, 0.05) is 45.6 Å². The third-order valence-electron chi connectivity index (χ3n) is 7.15. The van der Waals surface area contributed by atoms with Crippen molar-refractivity contribution in [3.63, 3.8) is 0 Å². The summed E-state index contributed by atoms with van der Waals surface area (Å²) >= 11 is -1.09. The number of likely N-dealkylation sites (N-methyl/N-ethyl adjacent to an activating group) is 1. The van der Waals surface area contributed by atoms with E-state index in [1.807, 2.05) is 25.2 Å². The zero-order valence-electron chi connectivity index (χ0n) is 18.9. The van der Waals surface area contributed by atoms with Crippen molar-refractivity contribution >= 4 is 28.8 Å². The summed E-state index contributed by atoms with van der Waals surface area (Å²) in [5.41, 5.74) is 1.80. The number of rotatable bonds is 4. The first-order valence-corrected chi connectivity index (χ1v) is 12.9. The number of aryl methyl sites for hydroxylation is 1. The van der Waals surface area contributed by atoms with Gasteiger partial charge in [0.1, 0.15) is 11.4 Å². The number of nitrogens with zero attached hydrogens (tertiary/aromatic N) is 4. The molecule has 4 heterocycles. The van der Waals surface area contributed by atoms with Crippen LogP contribution in [-0.2, 0) is 27.8 Å². The number of nitrogens with one attached hydrogen (secondary N) is 1. The molecular formula is C25H29N5O2S. The summed E-state index contributed by atoms with van der Waals surface area (Å²) < 4.78 is 12.7. The molecule has 5 rings (SSSR count). The summed E-state index contributed by atoms with van der Waals surface area (Å²) in [5.74, 6) is 5.16. The molecule has 3 aliphatic heterocycles. The molecule has 33 heavy (non-hydrogen) atoms. The molecule has 0 spiro atoms. The molecule has 2 atom stereocenters. The molecule has 0 aliphatic carbocycles. The van der Waals surface area contributed by atoms with Crippen LogP contribution in [0, 0.1) is 12.3 Å². The highest BCUT2D eigenvalue weighted by atomic mass is 32.2. The Morgan fingerprint density at radius 2 is 1.97 bits per heavy atom. The van der Waals surface area contributed by atoms with Crippen molar-refractivity contribution < 1.29 is 9.35 Å². The second-order valence-electron chi connectivity index (χ2n) is 9.18. The Morgan fingerprint density at radius 1 is 1.21 bits per heavy atom. The number of carbonyl (C=O) groups excluding carboxylic acids is 1. The summed E-state index contributed by atoms with van der Waals surface area (Å²) in [6.07, 6.45) is 9.64. The molecule has 8 heteroatoms. The molecule has 172 valence electrons. The van der Waals surface area contributed by atoms with Crippen LogP contribution < -0.4 is 10.2 Å². The van der Waals surface area contributed by atoms with Crippen LogP contribution in [0.3, 0.4) is 0 Å². The van der Waals surface area contributed by atoms with Gasteiger partial charge in [0.15, 0.2) is 5.82 Å². The quantitative estimate of drug-likeness (QED) is 0.554. The Morgan fingerprint density at radius 3 is 2.67 bits per heavy atom. The van der Waals surface area contributed by atoms with E-state index in [0.29, 0.717) is 36.9 Å². The van der Waals surface area contributed by atoms with Gasteiger partial charge in [-0.3, -0.25) is 4.79 Å². The monoisotopic (exact) mass is 463 g/mol. The molecular weight excluding hydrogens is 434 g/mol. The van der Waals surface area contributed by atoms with Gasteiger partial charge in [-0.1, -0.05) is 36.3 Å². The Bertz CT molecular complexity index is 1080. The molecule has 7 nitrogen and oxygen atoms in total. The van der Waals surface area contributed by atoms with Crippen molar-refractivity contribution in [2.75, 3.05) is 42.7 Å². The lowest BCUT2D eigenvalue weighted by molar-refractivity contribution is -0.132. The summed E-state index contributed by atoms with van der Waals surface area (Å²) in [7, 11) is 1.82. The number of terminal acetylenes is 1. The fourth-order valence-corrected chi connectivity index (χ4v) is 6.42. The lowest BCUT2D eigenvalue weighted by Gasteiger charge is -2.39. The number of carbonyl (C=O) groups is 1. The van der Waals surface area contributed by atoms with Crippen LogP contribution in [0.25, 0.3) is 0 Å². The largest absolute Gasteiger partial charge is 0.611 e. The van der Waals surface area contributed by atoms with Crippen molar-refractivity contribution in [2.24, 2.45) is 0 Å². The predicted molar refractivity (Wildman–Crippen MR) is 130 cm³/mol. The maximum Gasteiger partial charge on any atom is 0.227 e. The van der Waals surface area contributed by atoms with Gasteiger partial charge in [-0.2, -0.15) is 4.98 Å². The fraction of sp³-hybridized carbons (Fsp3) is 0.480. The van der Waals surface area contributed by atoms with Gasteiger partial charge in [0.2, 0.25) is 16.8 Å². The van der Waals surface area contributed by atoms with Crippen LogP contribution >= 0.6 is 0 Å². The summed E-state index contributed by atoms with van der Waals surface area (Å²) in [6, 6.07) is 10.4. The first-order chi connectivity index (χ1) is 16.0. The Labute approximate surface area is 198 Å². The van der Waals surface area contributed by atoms with E-state index >= 15 is 0 Å². The van der Waals surface area contributed by atoms with Gasteiger partial charge in [-0.15, -0.1) is 6.42 Å². The smallest absolute Gasteiger partial charge is 0.227 e. The number of benzene rings is 1. The molecule has 0 saturated carbocycles. The molecule has 1 aromatic heterocycles. The van der Waals surface area contributed by atoms with Gasteiger partial charge in [0.05, 0.1) is 5.41 Å². The van der Waals surface area contributed by atoms with Gasteiger partial charge in [-0.25, -0.2) is 4.98 Å². The predicted octanol–water partition coefficient (Wildman–Crippen LogP) is 2.34. The number of likely N-dealkylation sites (tertiary alicyclic amines) is 1. The lowest BCUT2D eigenvalue weighted by Crippen LogP contribution is -2.44. The van der Waals surface area contributed by atoms with Crippen LogP contribution in [0.4, 0.5) is 11.8 Å². The molecule has 3 aliphatic rings. The highest BCUT2D eigenvalue weighted by Crippen LogP contribution is 2.38. The first-order valence-electron chi connectivity index (χ1n) is 11.6. The third kappa shape index (κ3) is 4.16. The van der Waals surface area contributed by atoms with E-state index in [4.69, 9.17) is 16.4 Å². The number of hydrogen-bond acceptors (Lipinski definition) is 6. The van der Waals surface area contributed by atoms with Gasteiger partial charge in [0.25, 0.3) is 0 Å². The molecule has 2 aromatic rings. The second kappa shape index (κ2) is 8.88. The van der Waals surface area contributed by atoms with Crippen molar-refractivity contribution in [2.45, 2.75) is 48.5 Å². The minimum atomic E-state index is -1.09. The van der Waals surface area contributed by atoms with Crippen molar-refractivity contribution in [3.8, 4) is 12.3 Å².